The number of rotatable bonds is 5. The van der Waals surface area contributed by atoms with E-state index in [0.717, 1.165) is 25.3 Å². The van der Waals surface area contributed by atoms with Crippen LogP contribution in [-0.2, 0) is 0 Å². The van der Waals surface area contributed by atoms with E-state index in [1.165, 1.54) is 69.7 Å². The third-order valence-electron chi connectivity index (χ3n) is 6.32. The van der Waals surface area contributed by atoms with Gasteiger partial charge in [-0.3, -0.25) is 0 Å². The number of nitrogens with one attached hydrogen (secondary N) is 1. The van der Waals surface area contributed by atoms with Gasteiger partial charge in [0.2, 0.25) is 0 Å². The summed E-state index contributed by atoms with van der Waals surface area (Å²) in [7, 11) is 0. The molecule has 0 bridgehead atoms. The molecular weight excluding hydrogens is 310 g/mol. The molecule has 4 heteroatoms. The number of anilines is 2. The summed E-state index contributed by atoms with van der Waals surface area (Å²) in [5, 5.41) is 13.5. The summed E-state index contributed by atoms with van der Waals surface area (Å²) in [6.07, 6.45) is 8.26. The Bertz CT molecular complexity index is 550. The van der Waals surface area contributed by atoms with Crippen molar-refractivity contribution in [3.63, 3.8) is 0 Å². The highest BCUT2D eigenvalue weighted by Gasteiger charge is 2.27. The second kappa shape index (κ2) is 7.96. The van der Waals surface area contributed by atoms with Crippen molar-refractivity contribution in [2.75, 3.05) is 42.9 Å². The summed E-state index contributed by atoms with van der Waals surface area (Å²) in [5.74, 6) is 0.791. The molecule has 0 spiro atoms. The Hall–Kier alpha value is -1.26. The summed E-state index contributed by atoms with van der Waals surface area (Å²) < 4.78 is 0. The van der Waals surface area contributed by atoms with Gasteiger partial charge in [-0.15, -0.1) is 0 Å². The maximum absolute atomic E-state index is 9.68. The Morgan fingerprint density at radius 3 is 2.52 bits per heavy atom. The number of aliphatic hydroxyl groups is 1. The molecule has 2 saturated heterocycles. The van der Waals surface area contributed by atoms with Crippen molar-refractivity contribution in [2.24, 2.45) is 5.92 Å². The molecule has 0 aromatic heterocycles. The molecule has 2 aliphatic heterocycles. The molecule has 138 valence electrons. The van der Waals surface area contributed by atoms with Crippen LogP contribution in [0.2, 0.25) is 0 Å². The lowest BCUT2D eigenvalue weighted by Crippen LogP contribution is -2.33. The Kier molecular flexibility index (Phi) is 5.47. The molecule has 1 aromatic carbocycles. The summed E-state index contributed by atoms with van der Waals surface area (Å²) in [4.78, 5) is 5.17. The van der Waals surface area contributed by atoms with Gasteiger partial charge in [0, 0.05) is 38.8 Å². The zero-order valence-corrected chi connectivity index (χ0v) is 15.4. The van der Waals surface area contributed by atoms with Gasteiger partial charge < -0.3 is 20.2 Å². The Balaban J connectivity index is 1.31. The fraction of sp³-hybridized carbons (Fsp3) is 0.714. The lowest BCUT2D eigenvalue weighted by Gasteiger charge is -2.29. The molecule has 3 fully saturated rings. The molecule has 1 saturated carbocycles. The molecule has 0 radical (unpaired) electrons. The SMILES string of the molecule is OC1CCC(CN2CCC(Nc3ccccc3N3CCCC3)C2)CC1. The van der Waals surface area contributed by atoms with Gasteiger partial charge in [-0.2, -0.15) is 0 Å². The van der Waals surface area contributed by atoms with Crippen LogP contribution in [0.4, 0.5) is 11.4 Å². The number of aliphatic hydroxyl groups excluding tert-OH is 1. The monoisotopic (exact) mass is 343 g/mol. The van der Waals surface area contributed by atoms with E-state index in [9.17, 15) is 5.11 Å². The first-order chi connectivity index (χ1) is 12.3. The van der Waals surface area contributed by atoms with Crippen molar-refractivity contribution in [3.8, 4) is 0 Å². The van der Waals surface area contributed by atoms with Crippen LogP contribution >= 0.6 is 0 Å². The van der Waals surface area contributed by atoms with Crippen molar-refractivity contribution in [1.82, 2.24) is 4.90 Å². The van der Waals surface area contributed by atoms with Crippen molar-refractivity contribution < 1.29 is 5.11 Å². The van der Waals surface area contributed by atoms with E-state index in [1.54, 1.807) is 0 Å². The normalized spacial score (nSPS) is 30.8. The predicted molar refractivity (Wildman–Crippen MR) is 104 cm³/mol. The number of nitrogens with zero attached hydrogens (tertiary/aromatic N) is 2. The highest BCUT2D eigenvalue weighted by atomic mass is 16.3. The van der Waals surface area contributed by atoms with E-state index in [1.807, 2.05) is 0 Å². The Morgan fingerprint density at radius 1 is 0.960 bits per heavy atom. The minimum absolute atomic E-state index is 0.0358. The van der Waals surface area contributed by atoms with Crippen molar-refractivity contribution in [3.05, 3.63) is 24.3 Å². The maximum Gasteiger partial charge on any atom is 0.0602 e. The minimum Gasteiger partial charge on any atom is -0.393 e. The van der Waals surface area contributed by atoms with Gasteiger partial charge in [0.25, 0.3) is 0 Å². The van der Waals surface area contributed by atoms with Crippen LogP contribution in [0.15, 0.2) is 24.3 Å². The predicted octanol–water partition coefficient (Wildman–Crippen LogP) is 3.32. The highest BCUT2D eigenvalue weighted by molar-refractivity contribution is 5.70. The number of benzene rings is 1. The van der Waals surface area contributed by atoms with Crippen LogP contribution in [0.1, 0.15) is 44.9 Å². The zero-order chi connectivity index (χ0) is 17.1. The second-order valence-electron chi connectivity index (χ2n) is 8.28. The molecule has 1 unspecified atom stereocenters. The van der Waals surface area contributed by atoms with Crippen LogP contribution in [0.25, 0.3) is 0 Å². The molecule has 25 heavy (non-hydrogen) atoms. The van der Waals surface area contributed by atoms with Crippen LogP contribution in [0, 0.1) is 5.92 Å². The molecule has 2 heterocycles. The third-order valence-corrected chi connectivity index (χ3v) is 6.32. The smallest absolute Gasteiger partial charge is 0.0602 e. The lowest BCUT2D eigenvalue weighted by atomic mass is 9.87. The van der Waals surface area contributed by atoms with E-state index < -0.39 is 0 Å². The van der Waals surface area contributed by atoms with Crippen LogP contribution < -0.4 is 10.2 Å². The molecule has 1 aromatic rings. The van der Waals surface area contributed by atoms with Gasteiger partial charge in [-0.05, 0) is 63.0 Å². The summed E-state index contributed by atoms with van der Waals surface area (Å²) in [6, 6.07) is 9.41. The van der Waals surface area contributed by atoms with Gasteiger partial charge in [0.05, 0.1) is 17.5 Å². The zero-order valence-electron chi connectivity index (χ0n) is 15.4. The van der Waals surface area contributed by atoms with Gasteiger partial charge in [0.1, 0.15) is 0 Å². The fourth-order valence-electron chi connectivity index (χ4n) is 4.86. The standard InChI is InChI=1S/C21H33N3O/c25-19-9-7-17(8-10-19)15-23-14-11-18(16-23)22-20-5-1-2-6-21(20)24-12-3-4-13-24/h1-2,5-6,17-19,22,25H,3-4,7-16H2. The number of para-hydroxylation sites is 2. The van der Waals surface area contributed by atoms with Gasteiger partial charge in [-0.1, -0.05) is 12.1 Å². The molecular formula is C21H33N3O. The van der Waals surface area contributed by atoms with Crippen molar-refractivity contribution >= 4 is 11.4 Å². The maximum atomic E-state index is 9.68. The summed E-state index contributed by atoms with van der Waals surface area (Å²) in [6.45, 7) is 5.99. The lowest BCUT2D eigenvalue weighted by molar-refractivity contribution is 0.0974. The van der Waals surface area contributed by atoms with Gasteiger partial charge in [0.15, 0.2) is 0 Å². The molecule has 4 rings (SSSR count). The molecule has 0 amide bonds. The van der Waals surface area contributed by atoms with E-state index >= 15 is 0 Å². The highest BCUT2D eigenvalue weighted by Crippen LogP contribution is 2.31. The van der Waals surface area contributed by atoms with Gasteiger partial charge in [-0.25, -0.2) is 0 Å². The Morgan fingerprint density at radius 2 is 1.72 bits per heavy atom. The fourth-order valence-corrected chi connectivity index (χ4v) is 4.86. The minimum atomic E-state index is -0.0358. The van der Waals surface area contributed by atoms with Crippen LogP contribution in [-0.4, -0.2) is 54.9 Å². The van der Waals surface area contributed by atoms with Crippen LogP contribution in [0.3, 0.4) is 0 Å². The first-order valence-electron chi connectivity index (χ1n) is 10.3. The largest absolute Gasteiger partial charge is 0.393 e. The second-order valence-corrected chi connectivity index (χ2v) is 8.28. The first kappa shape index (κ1) is 17.2. The van der Waals surface area contributed by atoms with Gasteiger partial charge >= 0.3 is 0 Å². The van der Waals surface area contributed by atoms with Crippen LogP contribution in [0.5, 0.6) is 0 Å². The van der Waals surface area contributed by atoms with Crippen molar-refractivity contribution in [2.45, 2.75) is 57.1 Å². The molecule has 3 aliphatic rings. The van der Waals surface area contributed by atoms with Crippen molar-refractivity contribution in [1.29, 1.82) is 0 Å². The average molecular weight is 344 g/mol. The molecule has 4 nitrogen and oxygen atoms in total. The number of hydrogen-bond donors (Lipinski definition) is 2. The van der Waals surface area contributed by atoms with E-state index in [2.05, 4.69) is 39.4 Å². The summed E-state index contributed by atoms with van der Waals surface area (Å²) >= 11 is 0. The first-order valence-corrected chi connectivity index (χ1v) is 10.3. The quantitative estimate of drug-likeness (QED) is 0.860. The van der Waals surface area contributed by atoms with E-state index in [4.69, 9.17) is 0 Å². The van der Waals surface area contributed by atoms with E-state index in [0.29, 0.717) is 6.04 Å². The molecule has 1 aliphatic carbocycles. The third kappa shape index (κ3) is 4.29. The number of likely N-dealkylation sites (tertiary alicyclic amines) is 1. The molecule has 1 atom stereocenters. The Labute approximate surface area is 152 Å². The number of hydrogen-bond acceptors (Lipinski definition) is 4. The summed E-state index contributed by atoms with van der Waals surface area (Å²) in [5.41, 5.74) is 2.71. The van der Waals surface area contributed by atoms with E-state index in [-0.39, 0.29) is 6.10 Å². The topological polar surface area (TPSA) is 38.7 Å². The molecule has 2 N–H and O–H groups in total. The average Bonchev–Trinajstić information content (AvgIpc) is 3.30.